The molecular formula is C25H36O5Si. The molecule has 4 atom stereocenters. The highest BCUT2D eigenvalue weighted by Gasteiger charge is 2.39. The summed E-state index contributed by atoms with van der Waals surface area (Å²) in [6.07, 6.45) is 10.0. The van der Waals surface area contributed by atoms with Crippen molar-refractivity contribution < 1.29 is 24.2 Å². The average Bonchev–Trinajstić information content (AvgIpc) is 3.33. The Labute approximate surface area is 186 Å². The highest BCUT2D eigenvalue weighted by Crippen LogP contribution is 2.44. The maximum absolute atomic E-state index is 13.0. The standard InChI is InChI=1S/C25H36O5Si/c1-16-11-18-12-17(18)9-7-8-10-21(30-31(5,6)25(2,3)4)14-19-13-20(26)15-22(27)23(19)24(28)29-16/h7-10,13,15-18,21,26-27H,11-12,14H2,1-6H3/t16-,17+,18+,21?/m1/s1. The molecular weight excluding hydrogens is 408 g/mol. The number of allylic oxidation sites excluding steroid dienone is 3. The predicted molar refractivity (Wildman–Crippen MR) is 125 cm³/mol. The van der Waals surface area contributed by atoms with Crippen LogP contribution in [-0.2, 0) is 15.6 Å². The molecule has 0 aromatic heterocycles. The van der Waals surface area contributed by atoms with Crippen LogP contribution < -0.4 is 0 Å². The van der Waals surface area contributed by atoms with Crippen molar-refractivity contribution in [1.29, 1.82) is 0 Å². The molecule has 1 aromatic carbocycles. The number of cyclic esters (lactones) is 1. The lowest BCUT2D eigenvalue weighted by atomic mass is 9.99. The number of aromatic hydroxyl groups is 2. The van der Waals surface area contributed by atoms with Gasteiger partial charge >= 0.3 is 5.97 Å². The molecule has 1 aromatic rings. The van der Waals surface area contributed by atoms with Crippen LogP contribution in [-0.4, -0.2) is 36.7 Å². The lowest BCUT2D eigenvalue weighted by Gasteiger charge is -2.38. The summed E-state index contributed by atoms with van der Waals surface area (Å²) in [5.74, 6) is 0.126. The van der Waals surface area contributed by atoms with Gasteiger partial charge in [0.25, 0.3) is 0 Å². The second-order valence-corrected chi connectivity index (χ2v) is 15.3. The van der Waals surface area contributed by atoms with Crippen molar-refractivity contribution in [3.63, 3.8) is 0 Å². The first kappa shape index (κ1) is 23.6. The largest absolute Gasteiger partial charge is 0.508 e. The number of carbonyl (C=O) groups is 1. The van der Waals surface area contributed by atoms with E-state index in [1.807, 2.05) is 19.1 Å². The van der Waals surface area contributed by atoms with Crippen molar-refractivity contribution in [2.45, 2.75) is 77.3 Å². The fraction of sp³-hybridized carbons (Fsp3) is 0.560. The summed E-state index contributed by atoms with van der Waals surface area (Å²) in [5, 5.41) is 20.6. The molecule has 0 bridgehead atoms. The van der Waals surface area contributed by atoms with Crippen LogP contribution in [0.4, 0.5) is 0 Å². The number of hydrogen-bond donors (Lipinski definition) is 2. The Kier molecular flexibility index (Phi) is 6.72. The van der Waals surface area contributed by atoms with Crippen LogP contribution in [0.2, 0.25) is 18.1 Å². The van der Waals surface area contributed by atoms with Crippen LogP contribution in [0.25, 0.3) is 0 Å². The Morgan fingerprint density at radius 3 is 2.45 bits per heavy atom. The van der Waals surface area contributed by atoms with E-state index in [2.05, 4.69) is 46.0 Å². The molecule has 1 aliphatic carbocycles. The molecule has 1 saturated carbocycles. The Morgan fingerprint density at radius 1 is 1.10 bits per heavy atom. The maximum atomic E-state index is 13.0. The summed E-state index contributed by atoms with van der Waals surface area (Å²) >= 11 is 0. The van der Waals surface area contributed by atoms with Gasteiger partial charge in [0.15, 0.2) is 8.32 Å². The van der Waals surface area contributed by atoms with Crippen molar-refractivity contribution in [2.75, 3.05) is 0 Å². The number of benzene rings is 1. The summed E-state index contributed by atoms with van der Waals surface area (Å²) in [7, 11) is -2.10. The van der Waals surface area contributed by atoms with E-state index in [0.717, 1.165) is 12.8 Å². The lowest BCUT2D eigenvalue weighted by molar-refractivity contribution is 0.0306. The Bertz CT molecular complexity index is 881. The van der Waals surface area contributed by atoms with E-state index in [4.69, 9.17) is 9.16 Å². The van der Waals surface area contributed by atoms with E-state index >= 15 is 0 Å². The van der Waals surface area contributed by atoms with Gasteiger partial charge in [0, 0.05) is 12.5 Å². The van der Waals surface area contributed by atoms with E-state index in [0.29, 0.717) is 23.8 Å². The van der Waals surface area contributed by atoms with Gasteiger partial charge in [-0.2, -0.15) is 0 Å². The Balaban J connectivity index is 2.00. The van der Waals surface area contributed by atoms with Crippen molar-refractivity contribution >= 4 is 14.3 Å². The van der Waals surface area contributed by atoms with E-state index in [-0.39, 0.29) is 34.3 Å². The summed E-state index contributed by atoms with van der Waals surface area (Å²) in [4.78, 5) is 13.0. The van der Waals surface area contributed by atoms with Gasteiger partial charge in [0.2, 0.25) is 0 Å². The van der Waals surface area contributed by atoms with Gasteiger partial charge in [0.1, 0.15) is 17.1 Å². The molecule has 5 nitrogen and oxygen atoms in total. The van der Waals surface area contributed by atoms with E-state index in [9.17, 15) is 15.0 Å². The minimum Gasteiger partial charge on any atom is -0.508 e. The SMILES string of the molecule is C[C@@H]1C[C@H]2C[C@@H]2C=CC=CC(O[Si](C)(C)C(C)(C)C)Cc2cc(O)cc(O)c2C(=O)O1. The summed E-state index contributed by atoms with van der Waals surface area (Å²) < 4.78 is 12.3. The second-order valence-electron chi connectivity index (χ2n) is 10.5. The number of fused-ring (bicyclic) bond motifs is 2. The first-order valence-corrected chi connectivity index (χ1v) is 14.1. The second kappa shape index (κ2) is 8.83. The third kappa shape index (κ3) is 5.80. The summed E-state index contributed by atoms with van der Waals surface area (Å²) in [5.41, 5.74) is 0.634. The minimum absolute atomic E-state index is 0.0230. The van der Waals surface area contributed by atoms with Gasteiger partial charge in [-0.25, -0.2) is 4.79 Å². The van der Waals surface area contributed by atoms with E-state index in [1.54, 1.807) is 0 Å². The van der Waals surface area contributed by atoms with Gasteiger partial charge in [-0.1, -0.05) is 45.1 Å². The first-order chi connectivity index (χ1) is 14.4. The van der Waals surface area contributed by atoms with Crippen LogP contribution in [0, 0.1) is 11.8 Å². The number of esters is 1. The van der Waals surface area contributed by atoms with Gasteiger partial charge in [0.05, 0.1) is 12.2 Å². The normalized spacial score (nSPS) is 27.1. The number of phenols is 2. The Morgan fingerprint density at radius 2 is 1.77 bits per heavy atom. The molecule has 0 amide bonds. The fourth-order valence-corrected chi connectivity index (χ4v) is 5.15. The van der Waals surface area contributed by atoms with Crippen molar-refractivity contribution in [3.05, 3.63) is 47.6 Å². The van der Waals surface area contributed by atoms with Gasteiger partial charge in [-0.3, -0.25) is 0 Å². The predicted octanol–water partition coefficient (Wildman–Crippen LogP) is 5.73. The zero-order chi connectivity index (χ0) is 23.0. The number of ether oxygens (including phenoxy) is 1. The molecule has 3 rings (SSSR count). The number of rotatable bonds is 2. The molecule has 0 saturated heterocycles. The zero-order valence-corrected chi connectivity index (χ0v) is 20.5. The number of carbonyl (C=O) groups excluding carboxylic acids is 1. The number of hydrogen-bond acceptors (Lipinski definition) is 5. The monoisotopic (exact) mass is 444 g/mol. The number of phenolic OH excluding ortho intramolecular Hbond substituents is 2. The molecule has 6 heteroatoms. The molecule has 2 N–H and O–H groups in total. The maximum Gasteiger partial charge on any atom is 0.342 e. The Hall–Kier alpha value is -2.05. The first-order valence-electron chi connectivity index (χ1n) is 11.2. The van der Waals surface area contributed by atoms with Crippen LogP contribution in [0.15, 0.2) is 36.4 Å². The highest BCUT2D eigenvalue weighted by molar-refractivity contribution is 6.74. The average molecular weight is 445 g/mol. The molecule has 2 aliphatic rings. The molecule has 1 aliphatic heterocycles. The van der Waals surface area contributed by atoms with Crippen molar-refractivity contribution in [1.82, 2.24) is 0 Å². The van der Waals surface area contributed by atoms with Crippen LogP contribution in [0.3, 0.4) is 0 Å². The van der Waals surface area contributed by atoms with Crippen LogP contribution in [0.5, 0.6) is 11.5 Å². The molecule has 1 heterocycles. The molecule has 0 radical (unpaired) electrons. The molecule has 170 valence electrons. The zero-order valence-electron chi connectivity index (χ0n) is 19.5. The highest BCUT2D eigenvalue weighted by atomic mass is 28.4. The molecule has 0 spiro atoms. The van der Waals surface area contributed by atoms with Crippen LogP contribution in [0.1, 0.15) is 56.5 Å². The summed E-state index contributed by atoms with van der Waals surface area (Å²) in [6.45, 7) is 12.8. The van der Waals surface area contributed by atoms with E-state index < -0.39 is 14.3 Å². The fourth-order valence-electron chi connectivity index (χ4n) is 3.88. The molecule has 31 heavy (non-hydrogen) atoms. The lowest BCUT2D eigenvalue weighted by Crippen LogP contribution is -2.44. The van der Waals surface area contributed by atoms with Gasteiger partial charge in [-0.15, -0.1) is 0 Å². The molecule has 1 fully saturated rings. The third-order valence-corrected chi connectivity index (χ3v) is 11.3. The topological polar surface area (TPSA) is 76.0 Å². The van der Waals surface area contributed by atoms with E-state index in [1.165, 1.54) is 12.1 Å². The summed E-state index contributed by atoms with van der Waals surface area (Å²) in [6, 6.07) is 2.71. The van der Waals surface area contributed by atoms with Crippen molar-refractivity contribution in [2.24, 2.45) is 11.8 Å². The minimum atomic E-state index is -2.10. The van der Waals surface area contributed by atoms with Gasteiger partial charge < -0.3 is 19.4 Å². The quantitative estimate of drug-likeness (QED) is 0.450. The smallest absolute Gasteiger partial charge is 0.342 e. The van der Waals surface area contributed by atoms with Crippen molar-refractivity contribution in [3.8, 4) is 11.5 Å². The van der Waals surface area contributed by atoms with Crippen LogP contribution >= 0.6 is 0 Å². The van der Waals surface area contributed by atoms with Gasteiger partial charge in [-0.05, 0) is 61.4 Å². The molecule has 1 unspecified atom stereocenters. The third-order valence-electron chi connectivity index (χ3n) is 6.78.